The molecule has 1 unspecified atom stereocenters. The summed E-state index contributed by atoms with van der Waals surface area (Å²) in [5.41, 5.74) is 3.52. The van der Waals surface area contributed by atoms with Crippen molar-refractivity contribution >= 4 is 27.6 Å². The number of carbonyl (C=O) groups is 1. The van der Waals surface area contributed by atoms with E-state index in [1.54, 1.807) is 12.3 Å². The van der Waals surface area contributed by atoms with Crippen molar-refractivity contribution in [3.8, 4) is 0 Å². The maximum Gasteiger partial charge on any atom is 0.342 e. The maximum atomic E-state index is 11.8. The maximum absolute atomic E-state index is 11.8. The molecule has 2 rings (SSSR count). The standard InChI is InChI=1S/C13H15BrN2O3/c1-13(2,3)18-12(17)11-6-10(16-19-11)9-5-4-8(14)7-15-9/h4-7,11,16H,1-3H3. The fraction of sp³-hybridized carbons (Fsp3) is 0.385. The quantitative estimate of drug-likeness (QED) is 0.846. The van der Waals surface area contributed by atoms with E-state index in [0.29, 0.717) is 11.4 Å². The topological polar surface area (TPSA) is 60.5 Å². The summed E-state index contributed by atoms with van der Waals surface area (Å²) in [6, 6.07) is 3.69. The minimum atomic E-state index is -0.750. The van der Waals surface area contributed by atoms with Crippen LogP contribution in [0, 0.1) is 0 Å². The van der Waals surface area contributed by atoms with Crippen molar-refractivity contribution in [2.24, 2.45) is 0 Å². The number of aromatic nitrogens is 1. The number of hydrogen-bond acceptors (Lipinski definition) is 5. The third-order valence-corrected chi connectivity index (χ3v) is 2.73. The van der Waals surface area contributed by atoms with Crippen LogP contribution in [-0.2, 0) is 14.4 Å². The number of hydrogen-bond donors (Lipinski definition) is 1. The van der Waals surface area contributed by atoms with Crippen molar-refractivity contribution < 1.29 is 14.4 Å². The number of nitrogens with one attached hydrogen (secondary N) is 1. The highest BCUT2D eigenvalue weighted by Crippen LogP contribution is 2.20. The summed E-state index contributed by atoms with van der Waals surface area (Å²) < 4.78 is 6.14. The van der Waals surface area contributed by atoms with Gasteiger partial charge in [-0.1, -0.05) is 0 Å². The Kier molecular flexibility index (Phi) is 3.91. The largest absolute Gasteiger partial charge is 0.458 e. The molecule has 1 aliphatic rings. The van der Waals surface area contributed by atoms with Crippen LogP contribution in [0.5, 0.6) is 0 Å². The summed E-state index contributed by atoms with van der Waals surface area (Å²) in [5, 5.41) is 0. The normalized spacial score (nSPS) is 18.7. The number of pyridine rings is 1. The van der Waals surface area contributed by atoms with E-state index < -0.39 is 17.7 Å². The number of hydroxylamine groups is 1. The summed E-state index contributed by atoms with van der Waals surface area (Å²) in [6.45, 7) is 5.44. The first kappa shape index (κ1) is 14.0. The summed E-state index contributed by atoms with van der Waals surface area (Å²) in [7, 11) is 0. The van der Waals surface area contributed by atoms with Crippen molar-refractivity contribution in [3.63, 3.8) is 0 Å². The molecule has 1 aliphatic heterocycles. The number of ether oxygens (including phenoxy) is 1. The highest BCUT2D eigenvalue weighted by molar-refractivity contribution is 9.10. The van der Waals surface area contributed by atoms with E-state index in [9.17, 15) is 4.79 Å². The lowest BCUT2D eigenvalue weighted by Gasteiger charge is -2.20. The summed E-state index contributed by atoms with van der Waals surface area (Å²) in [5.74, 6) is -0.424. The van der Waals surface area contributed by atoms with Gasteiger partial charge in [0.2, 0.25) is 6.10 Å². The zero-order chi connectivity index (χ0) is 14.0. The molecule has 0 bridgehead atoms. The second kappa shape index (κ2) is 5.30. The van der Waals surface area contributed by atoms with Gasteiger partial charge in [-0.05, 0) is 54.9 Å². The monoisotopic (exact) mass is 326 g/mol. The average Bonchev–Trinajstić information content (AvgIpc) is 2.77. The second-order valence-corrected chi connectivity index (χ2v) is 6.03. The first-order chi connectivity index (χ1) is 8.85. The van der Waals surface area contributed by atoms with Gasteiger partial charge >= 0.3 is 5.97 Å². The Morgan fingerprint density at radius 1 is 1.47 bits per heavy atom. The van der Waals surface area contributed by atoms with Gasteiger partial charge in [0.25, 0.3) is 0 Å². The van der Waals surface area contributed by atoms with E-state index in [2.05, 4.69) is 26.4 Å². The number of halogens is 1. The SMILES string of the molecule is CC(C)(C)OC(=O)C1C=C(c2ccc(Br)cn2)NO1. The molecule has 2 heterocycles. The average molecular weight is 327 g/mol. The van der Waals surface area contributed by atoms with E-state index >= 15 is 0 Å². The Morgan fingerprint density at radius 3 is 2.79 bits per heavy atom. The van der Waals surface area contributed by atoms with Crippen molar-refractivity contribution in [2.75, 3.05) is 0 Å². The summed E-state index contributed by atoms with van der Waals surface area (Å²) >= 11 is 3.31. The predicted octanol–water partition coefficient (Wildman–Crippen LogP) is 2.43. The van der Waals surface area contributed by atoms with Gasteiger partial charge < -0.3 is 4.74 Å². The molecular weight excluding hydrogens is 312 g/mol. The van der Waals surface area contributed by atoms with E-state index in [1.165, 1.54) is 0 Å². The van der Waals surface area contributed by atoms with Crippen molar-refractivity contribution in [1.82, 2.24) is 10.5 Å². The molecule has 1 N–H and O–H groups in total. The van der Waals surface area contributed by atoms with Gasteiger partial charge in [0, 0.05) is 10.7 Å². The molecule has 1 aromatic heterocycles. The van der Waals surface area contributed by atoms with E-state index in [4.69, 9.17) is 9.57 Å². The van der Waals surface area contributed by atoms with Crippen LogP contribution < -0.4 is 5.48 Å². The Hall–Kier alpha value is -1.40. The molecule has 0 aliphatic carbocycles. The molecule has 0 amide bonds. The van der Waals surface area contributed by atoms with Gasteiger partial charge in [-0.15, -0.1) is 0 Å². The number of rotatable bonds is 2. The minimum Gasteiger partial charge on any atom is -0.458 e. The Balaban J connectivity index is 2.08. The fourth-order valence-electron chi connectivity index (χ4n) is 1.50. The van der Waals surface area contributed by atoms with Crippen molar-refractivity contribution in [3.05, 3.63) is 34.6 Å². The van der Waals surface area contributed by atoms with Crippen LogP contribution in [0.3, 0.4) is 0 Å². The van der Waals surface area contributed by atoms with Crippen LogP contribution in [0.2, 0.25) is 0 Å². The Labute approximate surface area is 120 Å². The summed E-state index contributed by atoms with van der Waals surface area (Å²) in [6.07, 6.45) is 2.59. The molecule has 6 heteroatoms. The molecule has 0 aromatic carbocycles. The molecular formula is C13H15BrN2O3. The molecule has 0 spiro atoms. The predicted molar refractivity (Wildman–Crippen MR) is 73.8 cm³/mol. The molecule has 5 nitrogen and oxygen atoms in total. The zero-order valence-corrected chi connectivity index (χ0v) is 12.5. The third-order valence-electron chi connectivity index (χ3n) is 2.26. The molecule has 1 atom stereocenters. The highest BCUT2D eigenvalue weighted by atomic mass is 79.9. The number of nitrogens with zero attached hydrogens (tertiary/aromatic N) is 1. The lowest BCUT2D eigenvalue weighted by molar-refractivity contribution is -0.166. The zero-order valence-electron chi connectivity index (χ0n) is 10.9. The van der Waals surface area contributed by atoms with Crippen LogP contribution >= 0.6 is 15.9 Å². The molecule has 0 saturated heterocycles. The number of carbonyl (C=O) groups excluding carboxylic acids is 1. The Bertz CT molecular complexity index is 506. The van der Waals surface area contributed by atoms with Crippen molar-refractivity contribution in [2.45, 2.75) is 32.5 Å². The van der Waals surface area contributed by atoms with Crippen LogP contribution in [-0.4, -0.2) is 22.7 Å². The first-order valence-corrected chi connectivity index (χ1v) is 6.63. The van der Waals surface area contributed by atoms with E-state index in [-0.39, 0.29) is 0 Å². The lowest BCUT2D eigenvalue weighted by atomic mass is 10.2. The molecule has 0 saturated carbocycles. The fourth-order valence-corrected chi connectivity index (χ4v) is 1.73. The Morgan fingerprint density at radius 2 is 2.21 bits per heavy atom. The van der Waals surface area contributed by atoms with Crippen LogP contribution in [0.4, 0.5) is 0 Å². The van der Waals surface area contributed by atoms with Gasteiger partial charge in [0.05, 0.1) is 11.4 Å². The first-order valence-electron chi connectivity index (χ1n) is 5.83. The molecule has 0 fully saturated rings. The molecule has 102 valence electrons. The van der Waals surface area contributed by atoms with Gasteiger partial charge in [0.1, 0.15) is 5.60 Å². The van der Waals surface area contributed by atoms with E-state index in [0.717, 1.165) is 4.47 Å². The molecule has 19 heavy (non-hydrogen) atoms. The van der Waals surface area contributed by atoms with E-state index in [1.807, 2.05) is 32.9 Å². The van der Waals surface area contributed by atoms with Crippen LogP contribution in [0.25, 0.3) is 5.70 Å². The van der Waals surface area contributed by atoms with Gasteiger partial charge in [-0.3, -0.25) is 15.3 Å². The minimum absolute atomic E-state index is 0.424. The lowest BCUT2D eigenvalue weighted by Crippen LogP contribution is -2.32. The summed E-state index contributed by atoms with van der Waals surface area (Å²) in [4.78, 5) is 21.2. The van der Waals surface area contributed by atoms with Gasteiger partial charge in [-0.2, -0.15) is 0 Å². The highest BCUT2D eigenvalue weighted by Gasteiger charge is 2.29. The molecule has 1 aromatic rings. The van der Waals surface area contributed by atoms with Crippen LogP contribution in [0.15, 0.2) is 28.9 Å². The molecule has 0 radical (unpaired) electrons. The van der Waals surface area contributed by atoms with Gasteiger partial charge in [0.15, 0.2) is 0 Å². The van der Waals surface area contributed by atoms with Crippen molar-refractivity contribution in [1.29, 1.82) is 0 Å². The number of esters is 1. The van der Waals surface area contributed by atoms with Crippen LogP contribution in [0.1, 0.15) is 26.5 Å². The third kappa shape index (κ3) is 3.78. The van der Waals surface area contributed by atoms with Gasteiger partial charge in [-0.25, -0.2) is 4.79 Å². The smallest absolute Gasteiger partial charge is 0.342 e. The second-order valence-electron chi connectivity index (χ2n) is 5.12.